The summed E-state index contributed by atoms with van der Waals surface area (Å²) >= 11 is 0. The number of hydrogen-bond donors (Lipinski definition) is 1. The van der Waals surface area contributed by atoms with Gasteiger partial charge in [-0.05, 0) is 69.0 Å². The van der Waals surface area contributed by atoms with Crippen LogP contribution < -0.4 is 21.0 Å². The van der Waals surface area contributed by atoms with E-state index in [2.05, 4.69) is 91.0 Å². The van der Waals surface area contributed by atoms with E-state index in [0.29, 0.717) is 0 Å². The Morgan fingerprint density at radius 2 is 0.970 bits per heavy atom. The number of hydrogen-bond acceptors (Lipinski definition) is 3. The smallest absolute Gasteiger partial charge is 0.300 e. The van der Waals surface area contributed by atoms with E-state index in [1.54, 1.807) is 15.9 Å². The summed E-state index contributed by atoms with van der Waals surface area (Å²) in [5, 5.41) is 20.9. The van der Waals surface area contributed by atoms with Crippen LogP contribution in [-0.4, -0.2) is 22.7 Å². The van der Waals surface area contributed by atoms with Crippen molar-refractivity contribution in [1.82, 2.24) is 0 Å². The van der Waals surface area contributed by atoms with Gasteiger partial charge in [0.15, 0.2) is 0 Å². The van der Waals surface area contributed by atoms with Gasteiger partial charge < -0.3 is 15.0 Å². The lowest BCUT2D eigenvalue weighted by Crippen LogP contribution is -2.39. The Balaban J connectivity index is 0.000000420. The topological polar surface area (TPSA) is 77.4 Å². The fraction of sp³-hybridized carbons (Fsp3) is 0.286. The third-order valence-corrected chi connectivity index (χ3v) is 10.6. The summed E-state index contributed by atoms with van der Waals surface area (Å²) in [5.74, 6) is -1.92. The summed E-state index contributed by atoms with van der Waals surface area (Å²) in [5.41, 5.74) is 0.758. The molecule has 3 aromatic rings. The minimum Gasteiger partial charge on any atom is -0.550 e. The standard InChI is InChI=1S/C24H26P.2C2H4O2/c1-5-13-21(14-6-1)25(22-15-7-2-8-16-22,23-17-9-3-10-18-23)24-19-11-4-12-20-24;2*1-2(3)4/h1-3,5-10,13-18,24H,4,11-12,19-20H2;2*1H3,(H,3,4)/q+1;;/p-1. The van der Waals surface area contributed by atoms with Crippen molar-refractivity contribution in [3.8, 4) is 0 Å². The molecule has 0 aliphatic heterocycles. The van der Waals surface area contributed by atoms with E-state index >= 15 is 0 Å². The summed E-state index contributed by atoms with van der Waals surface area (Å²) in [6.45, 7) is 2.06. The molecule has 0 atom stereocenters. The van der Waals surface area contributed by atoms with Gasteiger partial charge in [0.2, 0.25) is 0 Å². The summed E-state index contributed by atoms with van der Waals surface area (Å²) in [6.07, 6.45) is 6.85. The van der Waals surface area contributed by atoms with Gasteiger partial charge in [0, 0.05) is 12.9 Å². The molecule has 5 heteroatoms. The van der Waals surface area contributed by atoms with Crippen LogP contribution in [0.1, 0.15) is 46.0 Å². The minimum absolute atomic E-state index is 0.758. The lowest BCUT2D eigenvalue weighted by Gasteiger charge is -2.36. The molecule has 0 radical (unpaired) electrons. The predicted molar refractivity (Wildman–Crippen MR) is 136 cm³/mol. The van der Waals surface area contributed by atoms with Crippen LogP contribution in [0.15, 0.2) is 91.0 Å². The van der Waals surface area contributed by atoms with Crippen molar-refractivity contribution in [2.24, 2.45) is 0 Å². The van der Waals surface area contributed by atoms with E-state index in [1.807, 2.05) is 0 Å². The van der Waals surface area contributed by atoms with Crippen molar-refractivity contribution < 1.29 is 19.8 Å². The van der Waals surface area contributed by atoms with Gasteiger partial charge >= 0.3 is 0 Å². The molecular weight excluding hydrogens is 431 g/mol. The third-order valence-electron chi connectivity index (χ3n) is 5.61. The zero-order valence-electron chi connectivity index (χ0n) is 19.4. The van der Waals surface area contributed by atoms with Crippen LogP contribution in [0.4, 0.5) is 0 Å². The molecule has 1 N–H and O–H groups in total. The molecule has 4 rings (SSSR count). The van der Waals surface area contributed by atoms with Crippen LogP contribution in [0, 0.1) is 0 Å². The molecule has 0 unspecified atom stereocenters. The fourth-order valence-electron chi connectivity index (χ4n) is 4.54. The zero-order chi connectivity index (χ0) is 24.1. The second-order valence-electron chi connectivity index (χ2n) is 8.03. The number of carboxylic acids is 2. The fourth-order valence-corrected chi connectivity index (χ4v) is 9.76. The summed E-state index contributed by atoms with van der Waals surface area (Å²) in [7, 11) is -1.63. The Bertz CT molecular complexity index is 852. The van der Waals surface area contributed by atoms with Crippen molar-refractivity contribution in [2.45, 2.75) is 51.6 Å². The molecule has 3 aromatic carbocycles. The quantitative estimate of drug-likeness (QED) is 0.588. The number of carbonyl (C=O) groups excluding carboxylic acids is 1. The molecule has 1 aliphatic carbocycles. The predicted octanol–water partition coefficient (Wildman–Crippen LogP) is 4.16. The largest absolute Gasteiger partial charge is 0.550 e. The lowest BCUT2D eigenvalue weighted by molar-refractivity contribution is -0.302. The first-order valence-electron chi connectivity index (χ1n) is 11.3. The Kier molecular flexibility index (Phi) is 10.8. The van der Waals surface area contributed by atoms with E-state index in [9.17, 15) is 0 Å². The maximum atomic E-state index is 9.00. The molecular formula is C28H33O4P. The normalized spacial score (nSPS) is 13.5. The molecule has 0 amide bonds. The van der Waals surface area contributed by atoms with Gasteiger partial charge in [-0.3, -0.25) is 4.79 Å². The third kappa shape index (κ3) is 7.54. The molecule has 0 bridgehead atoms. The number of benzene rings is 3. The van der Waals surface area contributed by atoms with Crippen molar-refractivity contribution >= 4 is 35.1 Å². The van der Waals surface area contributed by atoms with Crippen LogP contribution >= 0.6 is 7.26 Å². The molecule has 33 heavy (non-hydrogen) atoms. The van der Waals surface area contributed by atoms with Gasteiger partial charge in [-0.1, -0.05) is 61.0 Å². The van der Waals surface area contributed by atoms with E-state index < -0.39 is 19.2 Å². The molecule has 0 heterocycles. The summed E-state index contributed by atoms with van der Waals surface area (Å²) in [6, 6.07) is 34.0. The maximum absolute atomic E-state index is 9.00. The van der Waals surface area contributed by atoms with E-state index in [1.165, 1.54) is 32.1 Å². The first kappa shape index (κ1) is 26.3. The highest BCUT2D eigenvalue weighted by atomic mass is 31.2. The minimum atomic E-state index is -1.63. The highest BCUT2D eigenvalue weighted by Crippen LogP contribution is 2.63. The van der Waals surface area contributed by atoms with Crippen LogP contribution in [0.3, 0.4) is 0 Å². The van der Waals surface area contributed by atoms with Crippen molar-refractivity contribution in [1.29, 1.82) is 0 Å². The molecule has 0 spiro atoms. The van der Waals surface area contributed by atoms with Crippen molar-refractivity contribution in [3.63, 3.8) is 0 Å². The van der Waals surface area contributed by atoms with Gasteiger partial charge in [-0.2, -0.15) is 0 Å². The van der Waals surface area contributed by atoms with Crippen molar-refractivity contribution in [3.05, 3.63) is 91.0 Å². The Morgan fingerprint density at radius 1 is 0.697 bits per heavy atom. The maximum Gasteiger partial charge on any atom is 0.300 e. The average Bonchev–Trinajstić information content (AvgIpc) is 2.82. The number of carboxylic acid groups (broad SMARTS) is 2. The van der Waals surface area contributed by atoms with Crippen molar-refractivity contribution in [2.75, 3.05) is 0 Å². The highest BCUT2D eigenvalue weighted by Gasteiger charge is 2.51. The molecule has 0 saturated heterocycles. The molecule has 0 aromatic heterocycles. The monoisotopic (exact) mass is 464 g/mol. The molecule has 4 nitrogen and oxygen atoms in total. The molecule has 1 saturated carbocycles. The second kappa shape index (κ2) is 13.5. The first-order valence-corrected chi connectivity index (χ1v) is 13.2. The van der Waals surface area contributed by atoms with Gasteiger partial charge in [0.1, 0.15) is 23.2 Å². The van der Waals surface area contributed by atoms with Crippen LogP contribution in [0.25, 0.3) is 0 Å². The highest BCUT2D eigenvalue weighted by molar-refractivity contribution is 7.96. The average molecular weight is 465 g/mol. The lowest BCUT2D eigenvalue weighted by atomic mass is 10.0. The van der Waals surface area contributed by atoms with Crippen LogP contribution in [0.5, 0.6) is 0 Å². The molecule has 174 valence electrons. The van der Waals surface area contributed by atoms with E-state index in [-0.39, 0.29) is 0 Å². The van der Waals surface area contributed by atoms with Gasteiger partial charge in [-0.25, -0.2) is 0 Å². The van der Waals surface area contributed by atoms with Crippen LogP contribution in [-0.2, 0) is 9.59 Å². The van der Waals surface area contributed by atoms with Gasteiger partial charge in [0.25, 0.3) is 5.97 Å². The van der Waals surface area contributed by atoms with Crippen LogP contribution in [0.2, 0.25) is 0 Å². The second-order valence-corrected chi connectivity index (χ2v) is 11.8. The first-order chi connectivity index (χ1) is 15.9. The Hall–Kier alpha value is -2.97. The van der Waals surface area contributed by atoms with Gasteiger partial charge in [-0.15, -0.1) is 0 Å². The Morgan fingerprint density at radius 3 is 1.24 bits per heavy atom. The van der Waals surface area contributed by atoms with E-state index in [4.69, 9.17) is 19.8 Å². The number of rotatable bonds is 4. The number of aliphatic carboxylic acids is 2. The summed E-state index contributed by atoms with van der Waals surface area (Å²) in [4.78, 5) is 17.9. The van der Waals surface area contributed by atoms with E-state index in [0.717, 1.165) is 19.5 Å². The zero-order valence-corrected chi connectivity index (χ0v) is 20.3. The number of carbonyl (C=O) groups is 2. The Labute approximate surface area is 197 Å². The SMILES string of the molecule is CC(=O)O.CC(=O)[O-].c1ccc([P+](c2ccccc2)(c2ccccc2)C2CCCCC2)cc1. The summed E-state index contributed by atoms with van der Waals surface area (Å²) < 4.78 is 0. The van der Waals surface area contributed by atoms with Gasteiger partial charge in [0.05, 0.1) is 5.66 Å². The molecule has 1 aliphatic rings. The molecule has 1 fully saturated rings.